The highest BCUT2D eigenvalue weighted by molar-refractivity contribution is 9.39. The highest BCUT2D eigenvalue weighted by atomic mass is 80.0. The van der Waals surface area contributed by atoms with Gasteiger partial charge in [0, 0.05) is 5.66 Å². The summed E-state index contributed by atoms with van der Waals surface area (Å²) in [6, 6.07) is 0. The molecule has 0 aromatic rings. The second kappa shape index (κ2) is 8.23. The van der Waals surface area contributed by atoms with Crippen molar-refractivity contribution in [1.29, 1.82) is 0 Å². The van der Waals surface area contributed by atoms with Gasteiger partial charge in [0.1, 0.15) is 2.14 Å². The van der Waals surface area contributed by atoms with E-state index >= 15 is 0 Å². The minimum Gasteiger partial charge on any atom is -0.345 e. The van der Waals surface area contributed by atoms with E-state index < -0.39 is 6.49 Å². The first-order valence-electron chi connectivity index (χ1n) is 5.26. The summed E-state index contributed by atoms with van der Waals surface area (Å²) in [5.74, 6) is 0. The van der Waals surface area contributed by atoms with Crippen LogP contribution in [0.25, 0.3) is 0 Å². The van der Waals surface area contributed by atoms with Crippen LogP contribution in [0.1, 0.15) is 39.5 Å². The topological polar surface area (TPSA) is 29.5 Å². The van der Waals surface area contributed by atoms with Gasteiger partial charge >= 0.3 is 0 Å². The second-order valence-electron chi connectivity index (χ2n) is 3.63. The molecule has 0 amide bonds. The smallest absolute Gasteiger partial charge is 0.189 e. The Morgan fingerprint density at radius 1 is 1.38 bits per heavy atom. The van der Waals surface area contributed by atoms with Crippen molar-refractivity contribution in [2.75, 3.05) is 6.61 Å². The van der Waals surface area contributed by atoms with E-state index in [1.807, 2.05) is 6.92 Å². The molecule has 0 aromatic heterocycles. The third-order valence-electron chi connectivity index (χ3n) is 2.17. The van der Waals surface area contributed by atoms with Crippen LogP contribution in [0.3, 0.4) is 0 Å². The van der Waals surface area contributed by atoms with Gasteiger partial charge in [0.15, 0.2) is 6.49 Å². The molecule has 0 saturated heterocycles. The first kappa shape index (κ1) is 18.0. The minimum atomic E-state index is -2.69. The highest BCUT2D eigenvalue weighted by Gasteiger charge is 2.32. The van der Waals surface area contributed by atoms with Crippen molar-refractivity contribution >= 4 is 66.1 Å². The standard InChI is InChI=1S/C9H18Br3O2PS/c1-3-5-6-14-15(13,16)8(4-2)7-9(10,11)12/h8H,3-7H2,1-2H3,(H,13,16). The molecule has 7 heteroatoms. The average Bonchev–Trinajstić information content (AvgIpc) is 2.13. The Bertz CT molecular complexity index is 245. The SMILES string of the molecule is CCCCOP(O)(=S)C(CC)CC(Br)(Br)Br. The second-order valence-corrected chi connectivity index (χ2v) is 14.6. The molecule has 0 aliphatic heterocycles. The Kier molecular flexibility index (Phi) is 9.27. The zero-order valence-electron chi connectivity index (χ0n) is 9.46. The van der Waals surface area contributed by atoms with Crippen molar-refractivity contribution in [3.8, 4) is 0 Å². The Hall–Kier alpha value is 2.01. The molecule has 1 N–H and O–H groups in total. The van der Waals surface area contributed by atoms with Crippen LogP contribution in [0.15, 0.2) is 0 Å². The summed E-state index contributed by atoms with van der Waals surface area (Å²) in [7, 11) is 0. The third kappa shape index (κ3) is 8.17. The van der Waals surface area contributed by atoms with Crippen LogP contribution in [0, 0.1) is 0 Å². The summed E-state index contributed by atoms with van der Waals surface area (Å²) in [5, 5.41) is 0. The zero-order valence-corrected chi connectivity index (χ0v) is 15.9. The Balaban J connectivity index is 4.37. The fourth-order valence-corrected chi connectivity index (χ4v) is 5.59. The van der Waals surface area contributed by atoms with E-state index in [0.717, 1.165) is 19.3 Å². The number of halogens is 3. The summed E-state index contributed by atoms with van der Waals surface area (Å²) in [6.07, 6.45) is 3.48. The molecule has 0 aliphatic rings. The van der Waals surface area contributed by atoms with Crippen LogP contribution in [-0.4, -0.2) is 19.3 Å². The molecule has 0 aromatic carbocycles. The van der Waals surface area contributed by atoms with Crippen LogP contribution in [0.5, 0.6) is 0 Å². The van der Waals surface area contributed by atoms with Crippen LogP contribution in [0.4, 0.5) is 0 Å². The van der Waals surface area contributed by atoms with Gasteiger partial charge in [-0.1, -0.05) is 68.1 Å². The Labute approximate surface area is 128 Å². The molecule has 0 spiro atoms. The molecular weight excluding hydrogens is 443 g/mol. The van der Waals surface area contributed by atoms with Crippen molar-refractivity contribution in [2.45, 2.75) is 47.3 Å². The van der Waals surface area contributed by atoms with Gasteiger partial charge in [0.25, 0.3) is 0 Å². The fourth-order valence-electron chi connectivity index (χ4n) is 1.20. The Morgan fingerprint density at radius 3 is 2.31 bits per heavy atom. The maximum absolute atomic E-state index is 10.2. The lowest BCUT2D eigenvalue weighted by atomic mass is 10.3. The molecule has 98 valence electrons. The highest BCUT2D eigenvalue weighted by Crippen LogP contribution is 2.55. The summed E-state index contributed by atoms with van der Waals surface area (Å²) in [4.78, 5) is 10.2. The van der Waals surface area contributed by atoms with E-state index in [0.29, 0.717) is 13.0 Å². The van der Waals surface area contributed by atoms with Gasteiger partial charge in [0.05, 0.1) is 6.61 Å². The maximum atomic E-state index is 10.2. The van der Waals surface area contributed by atoms with Crippen LogP contribution < -0.4 is 0 Å². The molecule has 0 bridgehead atoms. The monoisotopic (exact) mass is 458 g/mol. The minimum absolute atomic E-state index is 0.00233. The molecule has 0 fully saturated rings. The lowest BCUT2D eigenvalue weighted by Gasteiger charge is -2.28. The van der Waals surface area contributed by atoms with Crippen molar-refractivity contribution in [3.05, 3.63) is 0 Å². The molecule has 0 radical (unpaired) electrons. The van der Waals surface area contributed by atoms with E-state index in [-0.39, 0.29) is 7.80 Å². The molecule has 2 atom stereocenters. The zero-order chi connectivity index (χ0) is 12.8. The van der Waals surface area contributed by atoms with Crippen molar-refractivity contribution in [3.63, 3.8) is 0 Å². The van der Waals surface area contributed by atoms with Gasteiger partial charge in [-0.15, -0.1) is 0 Å². The van der Waals surface area contributed by atoms with Gasteiger partial charge in [-0.25, -0.2) is 0 Å². The summed E-state index contributed by atoms with van der Waals surface area (Å²) in [5.41, 5.74) is -0.00233. The van der Waals surface area contributed by atoms with Gasteiger partial charge in [0.2, 0.25) is 0 Å². The molecule has 2 nitrogen and oxygen atoms in total. The molecular formula is C9H18Br3O2PS. The Morgan fingerprint density at radius 2 is 1.94 bits per heavy atom. The van der Waals surface area contributed by atoms with E-state index in [1.54, 1.807) is 0 Å². The van der Waals surface area contributed by atoms with Gasteiger partial charge < -0.3 is 9.42 Å². The van der Waals surface area contributed by atoms with E-state index in [9.17, 15) is 4.89 Å². The van der Waals surface area contributed by atoms with Crippen LogP contribution >= 0.6 is 54.3 Å². The molecule has 0 rings (SSSR count). The number of alkyl halides is 3. The van der Waals surface area contributed by atoms with Crippen molar-refractivity contribution in [2.24, 2.45) is 0 Å². The summed E-state index contributed by atoms with van der Waals surface area (Å²) in [6.45, 7) is 1.97. The molecule has 0 heterocycles. The first-order valence-corrected chi connectivity index (χ1v) is 10.4. The summed E-state index contributed by atoms with van der Waals surface area (Å²) < 4.78 is 5.12. The largest absolute Gasteiger partial charge is 0.345 e. The molecule has 2 unspecified atom stereocenters. The first-order chi connectivity index (χ1) is 7.23. The van der Waals surface area contributed by atoms with Gasteiger partial charge in [-0.2, -0.15) is 0 Å². The number of rotatable bonds is 7. The van der Waals surface area contributed by atoms with E-state index in [4.69, 9.17) is 16.3 Å². The van der Waals surface area contributed by atoms with Crippen molar-refractivity contribution in [1.82, 2.24) is 0 Å². The quantitative estimate of drug-likeness (QED) is 0.325. The summed E-state index contributed by atoms with van der Waals surface area (Å²) >= 11 is 15.5. The lowest BCUT2D eigenvalue weighted by Crippen LogP contribution is -2.17. The molecule has 16 heavy (non-hydrogen) atoms. The third-order valence-corrected chi connectivity index (χ3v) is 6.38. The maximum Gasteiger partial charge on any atom is 0.189 e. The van der Waals surface area contributed by atoms with Gasteiger partial charge in [-0.05, 0) is 31.1 Å². The predicted octanol–water partition coefficient (Wildman–Crippen LogP) is 5.11. The normalized spacial score (nSPS) is 18.1. The van der Waals surface area contributed by atoms with E-state index in [1.165, 1.54) is 0 Å². The average molecular weight is 461 g/mol. The number of unbranched alkanes of at least 4 members (excludes halogenated alkanes) is 1. The number of hydrogen-bond acceptors (Lipinski definition) is 2. The van der Waals surface area contributed by atoms with Crippen molar-refractivity contribution < 1.29 is 9.42 Å². The molecule has 0 saturated carbocycles. The fraction of sp³-hybridized carbons (Fsp3) is 1.00. The van der Waals surface area contributed by atoms with E-state index in [2.05, 4.69) is 54.7 Å². The molecule has 0 aliphatic carbocycles. The van der Waals surface area contributed by atoms with Crippen LogP contribution in [0.2, 0.25) is 0 Å². The van der Waals surface area contributed by atoms with Crippen LogP contribution in [-0.2, 0) is 16.3 Å². The number of hydrogen-bond donors (Lipinski definition) is 1. The van der Waals surface area contributed by atoms with Gasteiger partial charge in [-0.3, -0.25) is 0 Å². The lowest BCUT2D eigenvalue weighted by molar-refractivity contribution is 0.291. The predicted molar refractivity (Wildman–Crippen MR) is 85.6 cm³/mol.